The molecule has 1 aromatic carbocycles. The first kappa shape index (κ1) is 16.9. The largest absolute Gasteiger partial charge is 0.310 e. The van der Waals surface area contributed by atoms with Gasteiger partial charge in [-0.2, -0.15) is 0 Å². The molecular formula is C17H17N3O2S2. The summed E-state index contributed by atoms with van der Waals surface area (Å²) >= 11 is 3.02. The van der Waals surface area contributed by atoms with E-state index < -0.39 is 0 Å². The van der Waals surface area contributed by atoms with Crippen molar-refractivity contribution in [3.05, 3.63) is 58.4 Å². The second-order valence-electron chi connectivity index (χ2n) is 5.31. The number of hydrogen-bond acceptors (Lipinski definition) is 5. The molecule has 3 rings (SSSR count). The van der Waals surface area contributed by atoms with E-state index in [1.165, 1.54) is 11.8 Å². The zero-order valence-electron chi connectivity index (χ0n) is 13.2. The highest BCUT2D eigenvalue weighted by Gasteiger charge is 2.30. The van der Waals surface area contributed by atoms with Gasteiger partial charge in [0.2, 0.25) is 5.91 Å². The zero-order valence-corrected chi connectivity index (χ0v) is 14.8. The van der Waals surface area contributed by atoms with Crippen molar-refractivity contribution in [1.29, 1.82) is 0 Å². The van der Waals surface area contributed by atoms with Crippen LogP contribution in [-0.4, -0.2) is 27.9 Å². The number of anilines is 1. The van der Waals surface area contributed by atoms with Crippen molar-refractivity contribution < 1.29 is 4.79 Å². The normalized spacial score (nSPS) is 16.4. The molecule has 2 aromatic rings. The first-order valence-corrected chi connectivity index (χ1v) is 9.65. The second-order valence-corrected chi connectivity index (χ2v) is 7.20. The van der Waals surface area contributed by atoms with E-state index in [0.717, 1.165) is 10.5 Å². The van der Waals surface area contributed by atoms with E-state index in [9.17, 15) is 9.59 Å². The summed E-state index contributed by atoms with van der Waals surface area (Å²) in [6.07, 6.45) is 3.99. The molecule has 24 heavy (non-hydrogen) atoms. The molecule has 1 atom stereocenters. The van der Waals surface area contributed by atoms with Crippen molar-refractivity contribution in [2.75, 3.05) is 17.3 Å². The molecule has 1 amide bonds. The van der Waals surface area contributed by atoms with E-state index in [-0.39, 0.29) is 23.8 Å². The number of amides is 1. The third-order valence-electron chi connectivity index (χ3n) is 3.79. The number of nitrogens with one attached hydrogen (secondary N) is 2. The van der Waals surface area contributed by atoms with Crippen molar-refractivity contribution in [1.82, 2.24) is 9.97 Å². The molecule has 1 aliphatic rings. The van der Waals surface area contributed by atoms with Crippen LogP contribution in [0.15, 0.2) is 51.8 Å². The van der Waals surface area contributed by atoms with Gasteiger partial charge in [0.05, 0.1) is 5.56 Å². The standard InChI is InChI=1S/C17H17N3O2S2/c1-3-8-24-17-19-15-14(16(22)20-17)12(9-13(21)18-15)10-4-6-11(23-2)7-5-10/h3-7,12H,1,8-9H2,2H3,(H2,18,19,20,21,22). The maximum atomic E-state index is 12.6. The third kappa shape index (κ3) is 3.42. The number of carbonyl (C=O) groups is 1. The molecule has 0 radical (unpaired) electrons. The predicted molar refractivity (Wildman–Crippen MR) is 99.1 cm³/mol. The van der Waals surface area contributed by atoms with Crippen LogP contribution in [0.1, 0.15) is 23.5 Å². The maximum absolute atomic E-state index is 12.6. The molecule has 1 unspecified atom stereocenters. The lowest BCUT2D eigenvalue weighted by Crippen LogP contribution is -2.31. The molecule has 0 spiro atoms. The number of fused-ring (bicyclic) bond motifs is 1. The van der Waals surface area contributed by atoms with Crippen LogP contribution >= 0.6 is 23.5 Å². The molecule has 1 aromatic heterocycles. The molecular weight excluding hydrogens is 342 g/mol. The second kappa shape index (κ2) is 7.27. The zero-order chi connectivity index (χ0) is 17.1. The van der Waals surface area contributed by atoms with Crippen molar-refractivity contribution >= 4 is 35.2 Å². The van der Waals surface area contributed by atoms with Crippen molar-refractivity contribution in [3.63, 3.8) is 0 Å². The van der Waals surface area contributed by atoms with Crippen LogP contribution in [0.4, 0.5) is 5.82 Å². The number of aromatic nitrogens is 2. The van der Waals surface area contributed by atoms with Gasteiger partial charge in [0.1, 0.15) is 5.82 Å². The van der Waals surface area contributed by atoms with Crippen molar-refractivity contribution in [3.8, 4) is 0 Å². The molecule has 0 aliphatic carbocycles. The van der Waals surface area contributed by atoms with Crippen LogP contribution < -0.4 is 10.9 Å². The highest BCUT2D eigenvalue weighted by molar-refractivity contribution is 7.99. The Bertz CT molecular complexity index is 831. The molecule has 0 saturated carbocycles. The first-order valence-electron chi connectivity index (χ1n) is 7.44. The Morgan fingerprint density at radius 2 is 2.08 bits per heavy atom. The fraction of sp³-hybridized carbons (Fsp3) is 0.235. The van der Waals surface area contributed by atoms with Gasteiger partial charge in [0.15, 0.2) is 5.16 Å². The minimum atomic E-state index is -0.278. The van der Waals surface area contributed by atoms with Gasteiger partial charge in [-0.05, 0) is 24.0 Å². The van der Waals surface area contributed by atoms with Crippen LogP contribution in [0.3, 0.4) is 0 Å². The molecule has 2 N–H and O–H groups in total. The quantitative estimate of drug-likeness (QED) is 0.487. The van der Waals surface area contributed by atoms with Gasteiger partial charge in [-0.25, -0.2) is 4.98 Å². The van der Waals surface area contributed by atoms with Crippen LogP contribution in [0.2, 0.25) is 0 Å². The van der Waals surface area contributed by atoms with E-state index in [4.69, 9.17) is 0 Å². The summed E-state index contributed by atoms with van der Waals surface area (Å²) in [6.45, 7) is 3.65. The van der Waals surface area contributed by atoms with Crippen LogP contribution in [0.5, 0.6) is 0 Å². The number of H-pyrrole nitrogens is 1. The molecule has 2 heterocycles. The maximum Gasteiger partial charge on any atom is 0.257 e. The lowest BCUT2D eigenvalue weighted by Gasteiger charge is -2.24. The Labute approximate surface area is 148 Å². The Kier molecular flexibility index (Phi) is 5.11. The summed E-state index contributed by atoms with van der Waals surface area (Å²) in [6, 6.07) is 7.95. The highest BCUT2D eigenvalue weighted by Crippen LogP contribution is 2.35. The monoisotopic (exact) mass is 359 g/mol. The fourth-order valence-corrected chi connectivity index (χ4v) is 3.68. The lowest BCUT2D eigenvalue weighted by atomic mass is 9.87. The van der Waals surface area contributed by atoms with Gasteiger partial charge in [-0.1, -0.05) is 30.0 Å². The number of nitrogens with zero attached hydrogens (tertiary/aromatic N) is 1. The average molecular weight is 359 g/mol. The van der Waals surface area contributed by atoms with Gasteiger partial charge in [0.25, 0.3) is 5.56 Å². The number of carbonyl (C=O) groups excluding carboxylic acids is 1. The van der Waals surface area contributed by atoms with Crippen LogP contribution in [-0.2, 0) is 4.79 Å². The summed E-state index contributed by atoms with van der Waals surface area (Å²) < 4.78 is 0. The van der Waals surface area contributed by atoms with Gasteiger partial charge < -0.3 is 10.3 Å². The molecule has 0 bridgehead atoms. The predicted octanol–water partition coefficient (Wildman–Crippen LogP) is 3.24. The Morgan fingerprint density at radius 3 is 2.75 bits per heavy atom. The first-order chi connectivity index (χ1) is 11.6. The topological polar surface area (TPSA) is 74.8 Å². The van der Waals surface area contributed by atoms with Crippen molar-refractivity contribution in [2.45, 2.75) is 22.4 Å². The molecule has 124 valence electrons. The Balaban J connectivity index is 2.03. The number of benzene rings is 1. The van der Waals surface area contributed by atoms with Crippen LogP contribution in [0, 0.1) is 0 Å². The van der Waals surface area contributed by atoms with E-state index in [1.807, 2.05) is 30.5 Å². The molecule has 7 heteroatoms. The van der Waals surface area contributed by atoms with E-state index in [1.54, 1.807) is 17.8 Å². The van der Waals surface area contributed by atoms with Gasteiger partial charge in [-0.3, -0.25) is 9.59 Å². The summed E-state index contributed by atoms with van der Waals surface area (Å²) in [5, 5.41) is 3.21. The number of rotatable bonds is 5. The Hall–Kier alpha value is -1.99. The Morgan fingerprint density at radius 1 is 1.33 bits per heavy atom. The third-order valence-corrected chi connectivity index (χ3v) is 5.40. The van der Waals surface area contributed by atoms with Gasteiger partial charge in [0, 0.05) is 23.0 Å². The van der Waals surface area contributed by atoms with E-state index >= 15 is 0 Å². The fourth-order valence-electron chi connectivity index (χ4n) is 2.68. The number of hydrogen-bond donors (Lipinski definition) is 2. The molecule has 0 fully saturated rings. The van der Waals surface area contributed by atoms with Gasteiger partial charge in [-0.15, -0.1) is 18.3 Å². The van der Waals surface area contributed by atoms with Crippen LogP contribution in [0.25, 0.3) is 0 Å². The highest BCUT2D eigenvalue weighted by atomic mass is 32.2. The minimum Gasteiger partial charge on any atom is -0.310 e. The SMILES string of the molecule is C=CCSc1nc2c(c(=O)[nH]1)C(c1ccc(SC)cc1)CC(=O)N2. The number of aromatic amines is 1. The summed E-state index contributed by atoms with van der Waals surface area (Å²) in [4.78, 5) is 33.0. The summed E-state index contributed by atoms with van der Waals surface area (Å²) in [5.41, 5.74) is 1.27. The van der Waals surface area contributed by atoms with Gasteiger partial charge >= 0.3 is 0 Å². The van der Waals surface area contributed by atoms with Crippen molar-refractivity contribution in [2.24, 2.45) is 0 Å². The summed E-state index contributed by atoms with van der Waals surface area (Å²) in [5.74, 6) is 0.592. The molecule has 1 aliphatic heterocycles. The minimum absolute atomic E-state index is 0.126. The average Bonchev–Trinajstić information content (AvgIpc) is 2.59. The van der Waals surface area contributed by atoms with E-state index in [0.29, 0.717) is 22.3 Å². The van der Waals surface area contributed by atoms with E-state index in [2.05, 4.69) is 21.9 Å². The lowest BCUT2D eigenvalue weighted by molar-refractivity contribution is -0.116. The number of thioether (sulfide) groups is 2. The molecule has 0 saturated heterocycles. The summed E-state index contributed by atoms with van der Waals surface area (Å²) in [7, 11) is 0. The molecule has 5 nitrogen and oxygen atoms in total. The smallest absolute Gasteiger partial charge is 0.257 e.